The SMILES string of the molecule is O=C(Nc1cc(Cl)ccc1Oc1ccccc1)c1cc(NS(=O)(=O)c2ccccc2)ccc1Cl. The Kier molecular flexibility index (Phi) is 7.07. The fourth-order valence-corrected chi connectivity index (χ4v) is 4.52. The van der Waals surface area contributed by atoms with E-state index in [1.807, 2.05) is 18.2 Å². The number of para-hydroxylation sites is 1. The highest BCUT2D eigenvalue weighted by Gasteiger charge is 2.18. The van der Waals surface area contributed by atoms with Crippen molar-refractivity contribution in [3.63, 3.8) is 0 Å². The molecule has 0 unspecified atom stereocenters. The zero-order chi connectivity index (χ0) is 24.1. The van der Waals surface area contributed by atoms with Crippen molar-refractivity contribution < 1.29 is 17.9 Å². The lowest BCUT2D eigenvalue weighted by atomic mass is 10.1. The lowest BCUT2D eigenvalue weighted by Gasteiger charge is -2.14. The largest absolute Gasteiger partial charge is 0.455 e. The Hall–Kier alpha value is -3.52. The summed E-state index contributed by atoms with van der Waals surface area (Å²) < 4.78 is 33.6. The number of sulfonamides is 1. The van der Waals surface area contributed by atoms with Gasteiger partial charge in [0.1, 0.15) is 5.75 Å². The zero-order valence-corrected chi connectivity index (χ0v) is 19.9. The van der Waals surface area contributed by atoms with E-state index < -0.39 is 15.9 Å². The van der Waals surface area contributed by atoms with Crippen LogP contribution in [0, 0.1) is 0 Å². The summed E-state index contributed by atoms with van der Waals surface area (Å²) in [5.74, 6) is 0.391. The molecule has 0 saturated carbocycles. The minimum atomic E-state index is -3.84. The van der Waals surface area contributed by atoms with Gasteiger partial charge >= 0.3 is 0 Å². The second kappa shape index (κ2) is 10.2. The van der Waals surface area contributed by atoms with E-state index in [4.69, 9.17) is 27.9 Å². The highest BCUT2D eigenvalue weighted by molar-refractivity contribution is 7.92. The van der Waals surface area contributed by atoms with Gasteiger partial charge in [-0.05, 0) is 60.7 Å². The number of ether oxygens (including phenoxy) is 1. The van der Waals surface area contributed by atoms with E-state index >= 15 is 0 Å². The minimum Gasteiger partial charge on any atom is -0.455 e. The van der Waals surface area contributed by atoms with Crippen LogP contribution < -0.4 is 14.8 Å². The van der Waals surface area contributed by atoms with E-state index in [1.165, 1.54) is 30.3 Å². The molecule has 1 amide bonds. The van der Waals surface area contributed by atoms with E-state index in [-0.39, 0.29) is 21.2 Å². The Morgan fingerprint density at radius 3 is 2.18 bits per heavy atom. The highest BCUT2D eigenvalue weighted by Crippen LogP contribution is 2.33. The zero-order valence-electron chi connectivity index (χ0n) is 17.5. The molecule has 0 atom stereocenters. The van der Waals surface area contributed by atoms with Crippen LogP contribution in [0.15, 0.2) is 102 Å². The fraction of sp³-hybridized carbons (Fsp3) is 0. The molecule has 6 nitrogen and oxygen atoms in total. The Balaban J connectivity index is 1.59. The van der Waals surface area contributed by atoms with E-state index in [0.29, 0.717) is 22.2 Å². The molecule has 0 spiro atoms. The van der Waals surface area contributed by atoms with Gasteiger partial charge in [-0.15, -0.1) is 0 Å². The first-order valence-corrected chi connectivity index (χ1v) is 12.3. The number of hydrogen-bond donors (Lipinski definition) is 2. The molecule has 0 aromatic heterocycles. The van der Waals surface area contributed by atoms with Gasteiger partial charge in [0.2, 0.25) is 0 Å². The summed E-state index contributed by atoms with van der Waals surface area (Å²) in [6.07, 6.45) is 0. The van der Waals surface area contributed by atoms with Gasteiger partial charge in [0.15, 0.2) is 5.75 Å². The average molecular weight is 513 g/mol. The molecule has 9 heteroatoms. The molecule has 0 aliphatic rings. The average Bonchev–Trinajstić information content (AvgIpc) is 2.83. The molecule has 4 aromatic rings. The minimum absolute atomic E-state index is 0.0700. The number of benzene rings is 4. The normalized spacial score (nSPS) is 11.0. The van der Waals surface area contributed by atoms with Crippen LogP contribution in [0.2, 0.25) is 10.0 Å². The Morgan fingerprint density at radius 1 is 0.794 bits per heavy atom. The Morgan fingerprint density at radius 2 is 1.47 bits per heavy atom. The molecule has 0 heterocycles. The van der Waals surface area contributed by atoms with E-state index in [2.05, 4.69) is 10.0 Å². The van der Waals surface area contributed by atoms with Gasteiger partial charge in [0.05, 0.1) is 21.2 Å². The molecule has 172 valence electrons. The van der Waals surface area contributed by atoms with E-state index in [9.17, 15) is 13.2 Å². The van der Waals surface area contributed by atoms with Crippen LogP contribution in [0.25, 0.3) is 0 Å². The van der Waals surface area contributed by atoms with Crippen LogP contribution in [0.4, 0.5) is 11.4 Å². The summed E-state index contributed by atoms with van der Waals surface area (Å²) in [6.45, 7) is 0. The lowest BCUT2D eigenvalue weighted by Crippen LogP contribution is -2.16. The topological polar surface area (TPSA) is 84.5 Å². The first kappa shape index (κ1) is 23.6. The van der Waals surface area contributed by atoms with Crippen molar-refractivity contribution in [2.24, 2.45) is 0 Å². The number of carbonyl (C=O) groups is 1. The maximum absolute atomic E-state index is 13.1. The van der Waals surface area contributed by atoms with Gasteiger partial charge < -0.3 is 10.1 Å². The summed E-state index contributed by atoms with van der Waals surface area (Å²) in [5.41, 5.74) is 0.582. The fourth-order valence-electron chi connectivity index (χ4n) is 3.07. The van der Waals surface area contributed by atoms with E-state index in [1.54, 1.807) is 48.5 Å². The molecule has 34 heavy (non-hydrogen) atoms. The van der Waals surface area contributed by atoms with Crippen molar-refractivity contribution in [1.29, 1.82) is 0 Å². The predicted molar refractivity (Wildman–Crippen MR) is 135 cm³/mol. The summed E-state index contributed by atoms with van der Waals surface area (Å²) >= 11 is 12.4. The van der Waals surface area contributed by atoms with E-state index in [0.717, 1.165) is 0 Å². The third kappa shape index (κ3) is 5.69. The van der Waals surface area contributed by atoms with Gasteiger partial charge in [-0.1, -0.05) is 59.6 Å². The molecular weight excluding hydrogens is 495 g/mol. The first-order chi connectivity index (χ1) is 16.3. The third-order valence-electron chi connectivity index (χ3n) is 4.68. The molecule has 4 rings (SSSR count). The van der Waals surface area contributed by atoms with Crippen molar-refractivity contribution in [2.75, 3.05) is 10.0 Å². The van der Waals surface area contributed by atoms with Crippen molar-refractivity contribution in [3.8, 4) is 11.5 Å². The van der Waals surface area contributed by atoms with Crippen molar-refractivity contribution >= 4 is 50.5 Å². The van der Waals surface area contributed by atoms with Crippen LogP contribution in [-0.2, 0) is 10.0 Å². The molecule has 0 saturated heterocycles. The standard InChI is InChI=1S/C25H18Cl2N2O4S/c26-17-11-14-24(33-19-7-3-1-4-8-19)23(15-17)28-25(30)21-16-18(12-13-22(21)27)29-34(31,32)20-9-5-2-6-10-20/h1-16,29H,(H,28,30). The van der Waals surface area contributed by atoms with Gasteiger partial charge in [-0.3, -0.25) is 9.52 Å². The Bertz CT molecular complexity index is 1430. The van der Waals surface area contributed by atoms with Crippen LogP contribution in [-0.4, -0.2) is 14.3 Å². The van der Waals surface area contributed by atoms with Crippen LogP contribution in [0.1, 0.15) is 10.4 Å². The number of hydrogen-bond acceptors (Lipinski definition) is 4. The van der Waals surface area contributed by atoms with Gasteiger partial charge in [-0.2, -0.15) is 0 Å². The van der Waals surface area contributed by atoms with Crippen LogP contribution in [0.3, 0.4) is 0 Å². The summed E-state index contributed by atoms with van der Waals surface area (Å²) in [7, 11) is -3.84. The van der Waals surface area contributed by atoms with Gasteiger partial charge in [0, 0.05) is 10.7 Å². The molecule has 2 N–H and O–H groups in total. The third-order valence-corrected chi connectivity index (χ3v) is 6.64. The van der Waals surface area contributed by atoms with Gasteiger partial charge in [0.25, 0.3) is 15.9 Å². The van der Waals surface area contributed by atoms with Gasteiger partial charge in [-0.25, -0.2) is 8.42 Å². The number of carbonyl (C=O) groups excluding carboxylic acids is 1. The monoisotopic (exact) mass is 512 g/mol. The first-order valence-electron chi connectivity index (χ1n) is 10.0. The Labute approximate surface area is 207 Å². The second-order valence-electron chi connectivity index (χ2n) is 7.12. The molecule has 4 aromatic carbocycles. The quantitative estimate of drug-likeness (QED) is 0.284. The number of halogens is 2. The maximum Gasteiger partial charge on any atom is 0.261 e. The van der Waals surface area contributed by atoms with Crippen LogP contribution in [0.5, 0.6) is 11.5 Å². The number of anilines is 2. The molecule has 0 radical (unpaired) electrons. The van der Waals surface area contributed by atoms with Crippen LogP contribution >= 0.6 is 23.2 Å². The molecule has 0 bridgehead atoms. The highest BCUT2D eigenvalue weighted by atomic mass is 35.5. The summed E-state index contributed by atoms with van der Waals surface area (Å²) in [5, 5.41) is 3.28. The molecular formula is C25H18Cl2N2O4S. The summed E-state index contributed by atoms with van der Waals surface area (Å²) in [4.78, 5) is 13.2. The predicted octanol–water partition coefficient (Wildman–Crippen LogP) is 6.84. The van der Waals surface area contributed by atoms with Crippen molar-refractivity contribution in [2.45, 2.75) is 4.90 Å². The lowest BCUT2D eigenvalue weighted by molar-refractivity contribution is 0.102. The maximum atomic E-state index is 13.1. The molecule has 0 aliphatic carbocycles. The number of nitrogens with one attached hydrogen (secondary N) is 2. The molecule has 0 aliphatic heterocycles. The molecule has 0 fully saturated rings. The smallest absolute Gasteiger partial charge is 0.261 e. The van der Waals surface area contributed by atoms with Crippen molar-refractivity contribution in [3.05, 3.63) is 113 Å². The second-order valence-corrected chi connectivity index (χ2v) is 9.65. The van der Waals surface area contributed by atoms with Crippen molar-refractivity contribution in [1.82, 2.24) is 0 Å². The summed E-state index contributed by atoms with van der Waals surface area (Å²) in [6, 6.07) is 26.1. The number of amides is 1. The number of rotatable bonds is 7.